The second-order valence-corrected chi connectivity index (χ2v) is 5.06. The highest BCUT2D eigenvalue weighted by molar-refractivity contribution is 5.78. The maximum absolute atomic E-state index is 12.0. The minimum absolute atomic E-state index is 0.109. The Balaban J connectivity index is 1.56. The summed E-state index contributed by atoms with van der Waals surface area (Å²) in [6, 6.07) is 3.80. The van der Waals surface area contributed by atoms with Crippen LogP contribution in [0, 0.1) is 5.92 Å². The van der Waals surface area contributed by atoms with Gasteiger partial charge in [-0.25, -0.2) is 14.6 Å². The van der Waals surface area contributed by atoms with E-state index in [1.165, 1.54) is 6.33 Å². The van der Waals surface area contributed by atoms with Gasteiger partial charge in [0.05, 0.1) is 0 Å². The van der Waals surface area contributed by atoms with Crippen LogP contribution in [-0.2, 0) is 11.3 Å². The standard InChI is InChI=1S/C15H17N5O/c21-15(13-4-2-1-3-5-13)18-9-12-6-7-14(17-8-12)20-11-16-10-19-20/h1-2,6-8,10-11,13H,3-5,9H2,(H,18,21)/t13-/m0/s1. The van der Waals surface area contributed by atoms with Crippen molar-refractivity contribution in [1.82, 2.24) is 25.1 Å². The number of nitrogens with zero attached hydrogens (tertiary/aromatic N) is 4. The van der Waals surface area contributed by atoms with Gasteiger partial charge in [-0.1, -0.05) is 18.2 Å². The van der Waals surface area contributed by atoms with Crippen molar-refractivity contribution < 1.29 is 4.79 Å². The van der Waals surface area contributed by atoms with Gasteiger partial charge >= 0.3 is 0 Å². The summed E-state index contributed by atoms with van der Waals surface area (Å²) >= 11 is 0. The molecular formula is C15H17N5O. The van der Waals surface area contributed by atoms with E-state index in [0.717, 1.165) is 24.8 Å². The van der Waals surface area contributed by atoms with E-state index in [2.05, 4.69) is 32.5 Å². The topological polar surface area (TPSA) is 72.7 Å². The van der Waals surface area contributed by atoms with Crippen LogP contribution in [0.1, 0.15) is 24.8 Å². The lowest BCUT2D eigenvalue weighted by Gasteiger charge is -2.17. The first-order valence-corrected chi connectivity index (χ1v) is 7.05. The number of amides is 1. The molecule has 2 heterocycles. The first-order valence-electron chi connectivity index (χ1n) is 7.05. The number of aromatic nitrogens is 4. The second-order valence-electron chi connectivity index (χ2n) is 5.06. The van der Waals surface area contributed by atoms with Crippen LogP contribution in [0.5, 0.6) is 0 Å². The summed E-state index contributed by atoms with van der Waals surface area (Å²) in [6.07, 6.45) is 11.8. The van der Waals surface area contributed by atoms with E-state index in [1.54, 1.807) is 17.2 Å². The highest BCUT2D eigenvalue weighted by atomic mass is 16.1. The van der Waals surface area contributed by atoms with Gasteiger partial charge in [0.2, 0.25) is 5.91 Å². The molecule has 21 heavy (non-hydrogen) atoms. The Labute approximate surface area is 122 Å². The molecule has 1 atom stereocenters. The quantitative estimate of drug-likeness (QED) is 0.866. The lowest BCUT2D eigenvalue weighted by Crippen LogP contribution is -2.30. The van der Waals surface area contributed by atoms with Crippen LogP contribution < -0.4 is 5.32 Å². The zero-order valence-electron chi connectivity index (χ0n) is 11.6. The molecule has 0 spiro atoms. The third-order valence-corrected chi connectivity index (χ3v) is 3.57. The van der Waals surface area contributed by atoms with Crippen molar-refractivity contribution in [2.75, 3.05) is 0 Å². The van der Waals surface area contributed by atoms with Gasteiger partial charge in [-0.15, -0.1) is 0 Å². The molecule has 0 unspecified atom stereocenters. The first kappa shape index (κ1) is 13.5. The van der Waals surface area contributed by atoms with E-state index in [1.807, 2.05) is 12.1 Å². The monoisotopic (exact) mass is 283 g/mol. The molecule has 2 aromatic rings. The number of pyridine rings is 1. The van der Waals surface area contributed by atoms with E-state index in [-0.39, 0.29) is 11.8 Å². The van der Waals surface area contributed by atoms with Crippen molar-refractivity contribution in [2.45, 2.75) is 25.8 Å². The largest absolute Gasteiger partial charge is 0.352 e. The molecule has 1 N–H and O–H groups in total. The van der Waals surface area contributed by atoms with Gasteiger partial charge in [0.25, 0.3) is 0 Å². The Morgan fingerprint density at radius 2 is 2.33 bits per heavy atom. The summed E-state index contributed by atoms with van der Waals surface area (Å²) in [5, 5.41) is 6.99. The predicted octanol–water partition coefficient (Wildman–Crippen LogP) is 1.63. The maximum Gasteiger partial charge on any atom is 0.223 e. The van der Waals surface area contributed by atoms with Gasteiger partial charge in [0.1, 0.15) is 12.7 Å². The first-order chi connectivity index (χ1) is 10.3. The third kappa shape index (κ3) is 3.34. The molecule has 0 fully saturated rings. The lowest BCUT2D eigenvalue weighted by atomic mass is 9.93. The number of carbonyl (C=O) groups is 1. The average Bonchev–Trinajstić information content (AvgIpc) is 3.08. The normalized spacial score (nSPS) is 17.6. The predicted molar refractivity (Wildman–Crippen MR) is 77.5 cm³/mol. The zero-order chi connectivity index (χ0) is 14.5. The molecule has 1 amide bonds. The van der Waals surface area contributed by atoms with Crippen LogP contribution in [0.4, 0.5) is 0 Å². The molecule has 108 valence electrons. The summed E-state index contributed by atoms with van der Waals surface area (Å²) in [5.74, 6) is 0.942. The molecular weight excluding hydrogens is 266 g/mol. The number of nitrogens with one attached hydrogen (secondary N) is 1. The molecule has 6 nitrogen and oxygen atoms in total. The SMILES string of the molecule is O=C(NCc1ccc(-n2cncn2)nc1)[C@H]1CC=CCC1. The van der Waals surface area contributed by atoms with Crippen molar-refractivity contribution >= 4 is 5.91 Å². The van der Waals surface area contributed by atoms with Crippen molar-refractivity contribution in [3.63, 3.8) is 0 Å². The van der Waals surface area contributed by atoms with Crippen LogP contribution in [0.2, 0.25) is 0 Å². The number of rotatable bonds is 4. The van der Waals surface area contributed by atoms with Gasteiger partial charge < -0.3 is 5.32 Å². The minimum atomic E-state index is 0.109. The Morgan fingerprint density at radius 3 is 3.00 bits per heavy atom. The van der Waals surface area contributed by atoms with Crippen LogP contribution >= 0.6 is 0 Å². The van der Waals surface area contributed by atoms with Crippen molar-refractivity contribution in [3.05, 3.63) is 48.7 Å². The van der Waals surface area contributed by atoms with E-state index < -0.39 is 0 Å². The summed E-state index contributed by atoms with van der Waals surface area (Å²) in [6.45, 7) is 0.504. The highest BCUT2D eigenvalue weighted by Gasteiger charge is 2.18. The van der Waals surface area contributed by atoms with E-state index in [0.29, 0.717) is 12.4 Å². The number of hydrogen-bond acceptors (Lipinski definition) is 4. The van der Waals surface area contributed by atoms with Gasteiger partial charge in [-0.2, -0.15) is 5.10 Å². The fourth-order valence-electron chi connectivity index (χ4n) is 2.35. The Kier molecular flexibility index (Phi) is 4.04. The smallest absolute Gasteiger partial charge is 0.223 e. The summed E-state index contributed by atoms with van der Waals surface area (Å²) in [5.41, 5.74) is 0.971. The van der Waals surface area contributed by atoms with E-state index >= 15 is 0 Å². The van der Waals surface area contributed by atoms with Gasteiger partial charge in [0, 0.05) is 18.7 Å². The Hall–Kier alpha value is -2.50. The third-order valence-electron chi connectivity index (χ3n) is 3.57. The fourth-order valence-corrected chi connectivity index (χ4v) is 2.35. The minimum Gasteiger partial charge on any atom is -0.352 e. The molecule has 0 saturated heterocycles. The summed E-state index contributed by atoms with van der Waals surface area (Å²) in [7, 11) is 0. The Bertz CT molecular complexity index is 618. The van der Waals surface area contributed by atoms with E-state index in [4.69, 9.17) is 0 Å². The van der Waals surface area contributed by atoms with Crippen LogP contribution in [0.25, 0.3) is 5.82 Å². The van der Waals surface area contributed by atoms with Gasteiger partial charge in [0.15, 0.2) is 5.82 Å². The highest BCUT2D eigenvalue weighted by Crippen LogP contribution is 2.18. The second kappa shape index (κ2) is 6.30. The van der Waals surface area contributed by atoms with Crippen molar-refractivity contribution in [1.29, 1.82) is 0 Å². The number of hydrogen-bond donors (Lipinski definition) is 1. The molecule has 1 aliphatic carbocycles. The van der Waals surface area contributed by atoms with Crippen molar-refractivity contribution in [2.24, 2.45) is 5.92 Å². The summed E-state index contributed by atoms with van der Waals surface area (Å²) < 4.78 is 1.59. The molecule has 2 aromatic heterocycles. The molecule has 0 aliphatic heterocycles. The van der Waals surface area contributed by atoms with Crippen molar-refractivity contribution in [3.8, 4) is 5.82 Å². The fraction of sp³-hybridized carbons (Fsp3) is 0.333. The van der Waals surface area contributed by atoms with Crippen LogP contribution in [0.15, 0.2) is 43.1 Å². The lowest BCUT2D eigenvalue weighted by molar-refractivity contribution is -0.125. The summed E-state index contributed by atoms with van der Waals surface area (Å²) in [4.78, 5) is 20.2. The molecule has 6 heteroatoms. The van der Waals surface area contributed by atoms with Crippen LogP contribution in [0.3, 0.4) is 0 Å². The number of carbonyl (C=O) groups excluding carboxylic acids is 1. The molecule has 0 radical (unpaired) electrons. The average molecular weight is 283 g/mol. The maximum atomic E-state index is 12.0. The molecule has 1 aliphatic rings. The molecule has 3 rings (SSSR count). The van der Waals surface area contributed by atoms with Gasteiger partial charge in [-0.3, -0.25) is 4.79 Å². The molecule has 0 aromatic carbocycles. The Morgan fingerprint density at radius 1 is 1.38 bits per heavy atom. The number of allylic oxidation sites excluding steroid dienone is 2. The molecule has 0 bridgehead atoms. The van der Waals surface area contributed by atoms with E-state index in [9.17, 15) is 4.79 Å². The molecule has 0 saturated carbocycles. The zero-order valence-corrected chi connectivity index (χ0v) is 11.6. The van der Waals surface area contributed by atoms with Crippen LogP contribution in [-0.4, -0.2) is 25.7 Å². The van der Waals surface area contributed by atoms with Gasteiger partial charge in [-0.05, 0) is 30.9 Å².